The lowest BCUT2D eigenvalue weighted by Gasteiger charge is -2.27. The van der Waals surface area contributed by atoms with E-state index in [-0.39, 0.29) is 30.2 Å². The third-order valence-electron chi connectivity index (χ3n) is 6.04. The fraction of sp³-hybridized carbons (Fsp3) is 0.480. The van der Waals surface area contributed by atoms with Gasteiger partial charge < -0.3 is 14.9 Å². The summed E-state index contributed by atoms with van der Waals surface area (Å²) in [4.78, 5) is 13.2. The fourth-order valence-corrected chi connectivity index (χ4v) is 4.58. The number of halogens is 2. The summed E-state index contributed by atoms with van der Waals surface area (Å²) < 4.78 is 19.4. The second-order valence-corrected chi connectivity index (χ2v) is 8.87. The van der Waals surface area contributed by atoms with Gasteiger partial charge in [0.1, 0.15) is 5.82 Å². The number of hydrogen-bond donors (Lipinski definition) is 2. The van der Waals surface area contributed by atoms with Gasteiger partial charge in [0.2, 0.25) is 0 Å². The van der Waals surface area contributed by atoms with Crippen molar-refractivity contribution >= 4 is 17.6 Å². The highest BCUT2D eigenvalue weighted by atomic mass is 35.5. The molecule has 3 rings (SSSR count). The van der Waals surface area contributed by atoms with Crippen molar-refractivity contribution in [1.29, 1.82) is 0 Å². The number of ether oxygens (including phenoxy) is 1. The molecule has 0 aromatic heterocycles. The SMILES string of the molecule is C[C@@H](OCC(O)CN1CCC[C@H]1Cc1ccc(F)c(Cl)c1)c1ccccc1CCC(=O)O. The van der Waals surface area contributed by atoms with Crippen molar-refractivity contribution in [3.8, 4) is 0 Å². The Kier molecular flexibility index (Phi) is 9.05. The molecule has 2 N–H and O–H groups in total. The molecule has 0 bridgehead atoms. The summed E-state index contributed by atoms with van der Waals surface area (Å²) in [6, 6.07) is 12.8. The third kappa shape index (κ3) is 7.01. The lowest BCUT2D eigenvalue weighted by molar-refractivity contribution is -0.136. The van der Waals surface area contributed by atoms with Crippen LogP contribution < -0.4 is 0 Å². The molecule has 2 aromatic rings. The van der Waals surface area contributed by atoms with Crippen molar-refractivity contribution in [2.75, 3.05) is 19.7 Å². The van der Waals surface area contributed by atoms with Gasteiger partial charge in [0, 0.05) is 19.0 Å². The maximum atomic E-state index is 13.4. The maximum Gasteiger partial charge on any atom is 0.303 e. The van der Waals surface area contributed by atoms with Gasteiger partial charge in [-0.15, -0.1) is 0 Å². The third-order valence-corrected chi connectivity index (χ3v) is 6.33. The first kappa shape index (κ1) is 24.6. The van der Waals surface area contributed by atoms with Gasteiger partial charge in [0.25, 0.3) is 0 Å². The Balaban J connectivity index is 1.51. The number of aliphatic hydroxyl groups excluding tert-OH is 1. The lowest BCUT2D eigenvalue weighted by Crippen LogP contribution is -2.39. The molecule has 32 heavy (non-hydrogen) atoms. The molecule has 2 aromatic carbocycles. The molecular weight excluding hydrogens is 433 g/mol. The van der Waals surface area contributed by atoms with Crippen LogP contribution in [0.2, 0.25) is 5.02 Å². The first-order valence-corrected chi connectivity index (χ1v) is 11.5. The summed E-state index contributed by atoms with van der Waals surface area (Å²) in [5.41, 5.74) is 2.90. The van der Waals surface area contributed by atoms with Crippen LogP contribution in [0.1, 0.15) is 49.0 Å². The molecule has 0 saturated carbocycles. The van der Waals surface area contributed by atoms with E-state index >= 15 is 0 Å². The Morgan fingerprint density at radius 3 is 2.84 bits per heavy atom. The summed E-state index contributed by atoms with van der Waals surface area (Å²) in [6.45, 7) is 3.53. The van der Waals surface area contributed by atoms with E-state index < -0.39 is 17.9 Å². The van der Waals surface area contributed by atoms with E-state index in [0.717, 1.165) is 42.5 Å². The molecule has 5 nitrogen and oxygen atoms in total. The molecule has 1 aliphatic heterocycles. The Labute approximate surface area is 193 Å². The van der Waals surface area contributed by atoms with Crippen LogP contribution in [-0.2, 0) is 22.4 Å². The fourth-order valence-electron chi connectivity index (χ4n) is 4.37. The second-order valence-electron chi connectivity index (χ2n) is 8.47. The van der Waals surface area contributed by atoms with Crippen LogP contribution in [0.4, 0.5) is 4.39 Å². The molecule has 0 amide bonds. The number of aliphatic hydroxyl groups is 1. The van der Waals surface area contributed by atoms with Crippen LogP contribution in [0.15, 0.2) is 42.5 Å². The normalized spacial score (nSPS) is 18.6. The molecule has 1 aliphatic rings. The van der Waals surface area contributed by atoms with Crippen LogP contribution in [0.3, 0.4) is 0 Å². The minimum Gasteiger partial charge on any atom is -0.481 e. The molecule has 1 heterocycles. The van der Waals surface area contributed by atoms with E-state index in [4.69, 9.17) is 21.4 Å². The Bertz CT molecular complexity index is 909. The highest BCUT2D eigenvalue weighted by Crippen LogP contribution is 2.25. The van der Waals surface area contributed by atoms with E-state index in [0.29, 0.717) is 13.0 Å². The van der Waals surface area contributed by atoms with Crippen molar-refractivity contribution in [3.05, 3.63) is 70.0 Å². The number of rotatable bonds is 11. The molecule has 0 spiro atoms. The molecule has 3 atom stereocenters. The molecule has 7 heteroatoms. The van der Waals surface area contributed by atoms with E-state index in [1.807, 2.05) is 31.2 Å². The maximum absolute atomic E-state index is 13.4. The van der Waals surface area contributed by atoms with Gasteiger partial charge in [0.15, 0.2) is 0 Å². The van der Waals surface area contributed by atoms with Gasteiger partial charge in [0.05, 0.1) is 23.8 Å². The summed E-state index contributed by atoms with van der Waals surface area (Å²) in [6.07, 6.45) is 2.48. The first-order chi connectivity index (χ1) is 15.3. The van der Waals surface area contributed by atoms with Gasteiger partial charge in [-0.3, -0.25) is 9.69 Å². The first-order valence-electron chi connectivity index (χ1n) is 11.1. The van der Waals surface area contributed by atoms with Gasteiger partial charge in [-0.1, -0.05) is 41.9 Å². The molecule has 1 unspecified atom stereocenters. The lowest BCUT2D eigenvalue weighted by atomic mass is 9.99. The highest BCUT2D eigenvalue weighted by molar-refractivity contribution is 6.30. The Hall–Kier alpha value is -1.99. The number of aliphatic carboxylic acids is 1. The molecular formula is C25H31ClFNO4. The summed E-state index contributed by atoms with van der Waals surface area (Å²) in [7, 11) is 0. The van der Waals surface area contributed by atoms with E-state index in [2.05, 4.69) is 4.90 Å². The van der Waals surface area contributed by atoms with Crippen LogP contribution in [0.5, 0.6) is 0 Å². The quantitative estimate of drug-likeness (QED) is 0.508. The van der Waals surface area contributed by atoms with E-state index in [9.17, 15) is 14.3 Å². The minimum atomic E-state index is -0.827. The topological polar surface area (TPSA) is 70.0 Å². The summed E-state index contributed by atoms with van der Waals surface area (Å²) >= 11 is 5.91. The average molecular weight is 464 g/mol. The monoisotopic (exact) mass is 463 g/mol. The van der Waals surface area contributed by atoms with Crippen LogP contribution in [0.25, 0.3) is 0 Å². The van der Waals surface area contributed by atoms with Gasteiger partial charge in [-0.05, 0) is 68.0 Å². The molecule has 0 radical (unpaired) electrons. The number of likely N-dealkylation sites (tertiary alicyclic amines) is 1. The number of nitrogens with zero attached hydrogens (tertiary/aromatic N) is 1. The van der Waals surface area contributed by atoms with Crippen molar-refractivity contribution in [3.63, 3.8) is 0 Å². The Morgan fingerprint density at radius 2 is 2.09 bits per heavy atom. The van der Waals surface area contributed by atoms with Crippen molar-refractivity contribution in [1.82, 2.24) is 4.90 Å². The number of hydrogen-bond acceptors (Lipinski definition) is 4. The number of carboxylic acid groups (broad SMARTS) is 1. The standard InChI is InChI=1S/C25H31ClFNO4/c1-17(22-7-3-2-5-19(22)9-11-25(30)31)32-16-21(29)15-28-12-4-6-20(28)13-18-8-10-24(27)23(26)14-18/h2-3,5,7-8,10,14,17,20-21,29H,4,6,9,11-13,15-16H2,1H3,(H,30,31)/t17-,20+,21?/m1/s1. The smallest absolute Gasteiger partial charge is 0.303 e. The molecule has 1 saturated heterocycles. The summed E-state index contributed by atoms with van der Waals surface area (Å²) in [5, 5.41) is 19.7. The highest BCUT2D eigenvalue weighted by Gasteiger charge is 2.27. The number of aryl methyl sites for hydroxylation is 1. The number of carbonyl (C=O) groups is 1. The number of β-amino-alcohol motifs (C(OH)–C–C–N with tert-alkyl or cyclic N) is 1. The predicted octanol–water partition coefficient (Wildman–Crippen LogP) is 4.64. The molecule has 1 fully saturated rings. The minimum absolute atomic E-state index is 0.0714. The second kappa shape index (κ2) is 11.8. The zero-order valence-corrected chi connectivity index (χ0v) is 19.1. The largest absolute Gasteiger partial charge is 0.481 e. The van der Waals surface area contributed by atoms with Crippen molar-refractivity contribution in [2.24, 2.45) is 0 Å². The van der Waals surface area contributed by atoms with Gasteiger partial charge in [-0.2, -0.15) is 0 Å². The van der Waals surface area contributed by atoms with Crippen LogP contribution in [0, 0.1) is 5.82 Å². The van der Waals surface area contributed by atoms with E-state index in [1.165, 1.54) is 6.07 Å². The van der Waals surface area contributed by atoms with Crippen LogP contribution >= 0.6 is 11.6 Å². The van der Waals surface area contributed by atoms with Crippen LogP contribution in [-0.4, -0.2) is 52.9 Å². The number of benzene rings is 2. The summed E-state index contributed by atoms with van der Waals surface area (Å²) in [5.74, 6) is -1.24. The zero-order valence-electron chi connectivity index (χ0n) is 18.3. The van der Waals surface area contributed by atoms with E-state index in [1.54, 1.807) is 12.1 Å². The molecule has 174 valence electrons. The molecule has 0 aliphatic carbocycles. The van der Waals surface area contributed by atoms with Gasteiger partial charge in [-0.25, -0.2) is 4.39 Å². The van der Waals surface area contributed by atoms with Crippen molar-refractivity contribution < 1.29 is 24.1 Å². The van der Waals surface area contributed by atoms with Gasteiger partial charge >= 0.3 is 5.97 Å². The Morgan fingerprint density at radius 1 is 1.31 bits per heavy atom. The predicted molar refractivity (Wildman–Crippen MR) is 122 cm³/mol. The zero-order chi connectivity index (χ0) is 23.1. The average Bonchev–Trinajstić information content (AvgIpc) is 3.19. The number of carboxylic acids is 1. The van der Waals surface area contributed by atoms with Crippen molar-refractivity contribution in [2.45, 2.75) is 57.3 Å².